The molecule has 6 nitrogen and oxygen atoms in total. The fraction of sp³-hybridized carbons (Fsp3) is 0.500. The highest BCUT2D eigenvalue weighted by Crippen LogP contribution is 2.17. The highest BCUT2D eigenvalue weighted by atomic mass is 16.5. The molecular weight excluding hydrogens is 210 g/mol. The van der Waals surface area contributed by atoms with Crippen molar-refractivity contribution in [3.05, 3.63) is 11.8 Å². The van der Waals surface area contributed by atoms with Crippen molar-refractivity contribution in [1.29, 1.82) is 0 Å². The Hall–Kier alpha value is -1.69. The molecule has 1 aliphatic heterocycles. The van der Waals surface area contributed by atoms with Crippen molar-refractivity contribution in [3.8, 4) is 5.88 Å². The summed E-state index contributed by atoms with van der Waals surface area (Å²) in [5, 5.41) is 0. The second kappa shape index (κ2) is 4.89. The lowest BCUT2D eigenvalue weighted by molar-refractivity contribution is 0.111. The van der Waals surface area contributed by atoms with Crippen molar-refractivity contribution in [2.24, 2.45) is 0 Å². The largest absolute Gasteiger partial charge is 0.480 e. The molecule has 0 radical (unpaired) electrons. The van der Waals surface area contributed by atoms with Crippen LogP contribution in [0.1, 0.15) is 10.4 Å². The summed E-state index contributed by atoms with van der Waals surface area (Å²) < 4.78 is 10.3. The highest BCUT2D eigenvalue weighted by Gasteiger charge is 2.15. The summed E-state index contributed by atoms with van der Waals surface area (Å²) in [6.07, 6.45) is 2.16. The smallest absolute Gasteiger partial charge is 0.228 e. The molecule has 1 fully saturated rings. The Morgan fingerprint density at radius 2 is 2.25 bits per heavy atom. The number of aromatic nitrogens is 2. The number of hydrogen-bond acceptors (Lipinski definition) is 6. The second-order valence-electron chi connectivity index (χ2n) is 3.35. The summed E-state index contributed by atoms with van der Waals surface area (Å²) >= 11 is 0. The van der Waals surface area contributed by atoms with Gasteiger partial charge in [-0.1, -0.05) is 0 Å². The van der Waals surface area contributed by atoms with Crippen molar-refractivity contribution in [2.75, 3.05) is 38.3 Å². The number of nitrogens with zero attached hydrogens (tertiary/aromatic N) is 3. The SMILES string of the molecule is COc1nc(N2CCOCC2)ncc1C=O. The quantitative estimate of drug-likeness (QED) is 0.679. The Morgan fingerprint density at radius 1 is 1.50 bits per heavy atom. The van der Waals surface area contributed by atoms with E-state index in [2.05, 4.69) is 9.97 Å². The fourth-order valence-corrected chi connectivity index (χ4v) is 1.53. The van der Waals surface area contributed by atoms with Crippen molar-refractivity contribution in [2.45, 2.75) is 0 Å². The first-order valence-corrected chi connectivity index (χ1v) is 5.04. The van der Waals surface area contributed by atoms with Gasteiger partial charge in [-0.15, -0.1) is 0 Å². The Kier molecular flexibility index (Phi) is 3.31. The van der Waals surface area contributed by atoms with Gasteiger partial charge in [0.25, 0.3) is 0 Å². The average molecular weight is 223 g/mol. The van der Waals surface area contributed by atoms with Crippen LogP contribution < -0.4 is 9.64 Å². The molecule has 0 aromatic carbocycles. The molecule has 0 amide bonds. The third-order valence-electron chi connectivity index (χ3n) is 2.38. The normalized spacial score (nSPS) is 15.9. The maximum atomic E-state index is 10.7. The second-order valence-corrected chi connectivity index (χ2v) is 3.35. The molecule has 0 spiro atoms. The van der Waals surface area contributed by atoms with Crippen LogP contribution >= 0.6 is 0 Å². The Balaban J connectivity index is 2.24. The molecule has 1 aromatic heterocycles. The van der Waals surface area contributed by atoms with Gasteiger partial charge < -0.3 is 14.4 Å². The Morgan fingerprint density at radius 3 is 2.88 bits per heavy atom. The minimum absolute atomic E-state index is 0.312. The Labute approximate surface area is 93.2 Å². The van der Waals surface area contributed by atoms with Crippen LogP contribution in [-0.2, 0) is 4.74 Å². The van der Waals surface area contributed by atoms with E-state index < -0.39 is 0 Å². The van der Waals surface area contributed by atoms with Gasteiger partial charge in [0.2, 0.25) is 11.8 Å². The number of aldehydes is 1. The number of rotatable bonds is 3. The van der Waals surface area contributed by atoms with E-state index in [4.69, 9.17) is 9.47 Å². The molecule has 1 saturated heterocycles. The summed E-state index contributed by atoms with van der Waals surface area (Å²) in [5.74, 6) is 0.886. The maximum Gasteiger partial charge on any atom is 0.228 e. The minimum Gasteiger partial charge on any atom is -0.480 e. The van der Waals surface area contributed by atoms with E-state index in [0.717, 1.165) is 13.1 Å². The molecule has 16 heavy (non-hydrogen) atoms. The van der Waals surface area contributed by atoms with E-state index in [1.54, 1.807) is 0 Å². The van der Waals surface area contributed by atoms with Gasteiger partial charge in [-0.3, -0.25) is 4.79 Å². The van der Waals surface area contributed by atoms with Gasteiger partial charge in [-0.25, -0.2) is 4.98 Å². The molecular formula is C10H13N3O3. The molecule has 0 atom stereocenters. The molecule has 0 saturated carbocycles. The van der Waals surface area contributed by atoms with Crippen LogP contribution in [0.25, 0.3) is 0 Å². The molecule has 2 rings (SSSR count). The van der Waals surface area contributed by atoms with E-state index in [1.807, 2.05) is 4.90 Å². The van der Waals surface area contributed by atoms with Gasteiger partial charge in [0.1, 0.15) is 0 Å². The van der Waals surface area contributed by atoms with Crippen LogP contribution in [0, 0.1) is 0 Å². The third kappa shape index (κ3) is 2.11. The lowest BCUT2D eigenvalue weighted by atomic mass is 10.3. The highest BCUT2D eigenvalue weighted by molar-refractivity contribution is 5.77. The molecule has 1 aromatic rings. The zero-order valence-corrected chi connectivity index (χ0v) is 9.05. The van der Waals surface area contributed by atoms with Crippen molar-refractivity contribution >= 4 is 12.2 Å². The van der Waals surface area contributed by atoms with Crippen LogP contribution in [0.15, 0.2) is 6.20 Å². The van der Waals surface area contributed by atoms with Gasteiger partial charge in [-0.2, -0.15) is 4.98 Å². The number of carbonyl (C=O) groups is 1. The van der Waals surface area contributed by atoms with Gasteiger partial charge in [-0.05, 0) is 0 Å². The molecule has 0 aliphatic carbocycles. The van der Waals surface area contributed by atoms with Crippen LogP contribution in [0.5, 0.6) is 5.88 Å². The third-order valence-corrected chi connectivity index (χ3v) is 2.38. The topological polar surface area (TPSA) is 64.6 Å². The molecule has 6 heteroatoms. The fourth-order valence-electron chi connectivity index (χ4n) is 1.53. The number of methoxy groups -OCH3 is 1. The lowest BCUT2D eigenvalue weighted by Crippen LogP contribution is -2.37. The van der Waals surface area contributed by atoms with Crippen LogP contribution in [0.4, 0.5) is 5.95 Å². The zero-order valence-electron chi connectivity index (χ0n) is 9.05. The molecule has 86 valence electrons. The van der Waals surface area contributed by atoms with Crippen molar-refractivity contribution in [3.63, 3.8) is 0 Å². The van der Waals surface area contributed by atoms with Crippen LogP contribution in [-0.4, -0.2) is 49.7 Å². The van der Waals surface area contributed by atoms with Crippen molar-refractivity contribution < 1.29 is 14.3 Å². The number of anilines is 1. The first-order valence-electron chi connectivity index (χ1n) is 5.04. The monoisotopic (exact) mass is 223 g/mol. The molecule has 0 N–H and O–H groups in total. The van der Waals surface area contributed by atoms with E-state index in [1.165, 1.54) is 13.3 Å². The maximum absolute atomic E-state index is 10.7. The number of carbonyl (C=O) groups excluding carboxylic acids is 1. The first-order chi connectivity index (χ1) is 7.85. The predicted octanol–water partition coefficient (Wildman–Crippen LogP) is 0.134. The lowest BCUT2D eigenvalue weighted by Gasteiger charge is -2.26. The summed E-state index contributed by atoms with van der Waals surface area (Å²) in [5.41, 5.74) is 0.361. The standard InChI is InChI=1S/C10H13N3O3/c1-15-9-8(7-14)6-11-10(12-9)13-2-4-16-5-3-13/h6-7H,2-5H2,1H3. The Bertz CT molecular complexity index is 378. The molecule has 2 heterocycles. The van der Waals surface area contributed by atoms with Gasteiger partial charge in [0.15, 0.2) is 6.29 Å². The summed E-state index contributed by atoms with van der Waals surface area (Å²) in [7, 11) is 1.48. The van der Waals surface area contributed by atoms with Gasteiger partial charge in [0.05, 0.1) is 25.9 Å². The van der Waals surface area contributed by atoms with E-state index >= 15 is 0 Å². The van der Waals surface area contributed by atoms with Gasteiger partial charge >= 0.3 is 0 Å². The predicted molar refractivity (Wildman–Crippen MR) is 57.0 cm³/mol. The van der Waals surface area contributed by atoms with Crippen molar-refractivity contribution in [1.82, 2.24) is 9.97 Å². The average Bonchev–Trinajstić information content (AvgIpc) is 2.39. The van der Waals surface area contributed by atoms with Crippen LogP contribution in [0.2, 0.25) is 0 Å². The van der Waals surface area contributed by atoms with E-state index in [-0.39, 0.29) is 0 Å². The minimum atomic E-state index is 0.312. The zero-order chi connectivity index (χ0) is 11.4. The summed E-state index contributed by atoms with van der Waals surface area (Å²) in [6, 6.07) is 0. The number of hydrogen-bond donors (Lipinski definition) is 0. The summed E-state index contributed by atoms with van der Waals surface area (Å²) in [6.45, 7) is 2.84. The first kappa shape index (κ1) is 10.8. The van der Waals surface area contributed by atoms with E-state index in [9.17, 15) is 4.79 Å². The number of morpholine rings is 1. The van der Waals surface area contributed by atoms with Gasteiger partial charge in [0, 0.05) is 19.3 Å². The molecule has 0 unspecified atom stereocenters. The van der Waals surface area contributed by atoms with E-state index in [0.29, 0.717) is 36.9 Å². The molecule has 1 aliphatic rings. The molecule has 0 bridgehead atoms. The van der Waals surface area contributed by atoms with Crippen LogP contribution in [0.3, 0.4) is 0 Å². The summed E-state index contributed by atoms with van der Waals surface area (Å²) in [4.78, 5) is 21.0. The number of ether oxygens (including phenoxy) is 2.